The summed E-state index contributed by atoms with van der Waals surface area (Å²) in [4.78, 5) is 27.0. The average Bonchev–Trinajstić information content (AvgIpc) is 3.03. The molecular weight excluding hydrogens is 326 g/mol. The molecule has 0 fully saturated rings. The van der Waals surface area contributed by atoms with E-state index in [0.717, 1.165) is 11.4 Å². The number of para-hydroxylation sites is 1. The number of anilines is 1. The lowest BCUT2D eigenvalue weighted by molar-refractivity contribution is 0.0974. The predicted molar refractivity (Wildman–Crippen MR) is 100.0 cm³/mol. The Labute approximate surface area is 151 Å². The maximum atomic E-state index is 13.1. The summed E-state index contributed by atoms with van der Waals surface area (Å²) >= 11 is 0. The highest BCUT2D eigenvalue weighted by Gasteiger charge is 2.25. The molecule has 0 N–H and O–H groups in total. The van der Waals surface area contributed by atoms with Crippen LogP contribution in [0.2, 0.25) is 0 Å². The highest BCUT2D eigenvalue weighted by atomic mass is 16.2. The van der Waals surface area contributed by atoms with Crippen LogP contribution < -0.4 is 4.90 Å². The van der Waals surface area contributed by atoms with E-state index in [9.17, 15) is 9.59 Å². The highest BCUT2D eigenvalue weighted by molar-refractivity contribution is 6.11. The van der Waals surface area contributed by atoms with Gasteiger partial charge in [-0.05, 0) is 55.8 Å². The molecule has 26 heavy (non-hydrogen) atoms. The van der Waals surface area contributed by atoms with Crippen LogP contribution in [0.15, 0.2) is 60.8 Å². The fraction of sp³-hybridized carbons (Fsp3) is 0.190. The number of nitrogens with zero attached hydrogens (tertiary/aromatic N) is 3. The Morgan fingerprint density at radius 3 is 2.54 bits per heavy atom. The van der Waals surface area contributed by atoms with Crippen molar-refractivity contribution in [2.24, 2.45) is 0 Å². The van der Waals surface area contributed by atoms with Gasteiger partial charge in [-0.3, -0.25) is 9.59 Å². The zero-order valence-electron chi connectivity index (χ0n) is 14.6. The minimum absolute atomic E-state index is 0.0876. The fourth-order valence-corrected chi connectivity index (χ4v) is 3.28. The lowest BCUT2D eigenvalue weighted by Crippen LogP contribution is -2.31. The van der Waals surface area contributed by atoms with Crippen molar-refractivity contribution in [1.29, 1.82) is 0 Å². The molecule has 4 rings (SSSR count). The molecule has 2 aromatic carbocycles. The number of aryl methyl sites for hydroxylation is 1. The molecule has 1 aliphatic heterocycles. The summed E-state index contributed by atoms with van der Waals surface area (Å²) in [5.74, 6) is 0.00986. The van der Waals surface area contributed by atoms with Gasteiger partial charge in [-0.15, -0.1) is 0 Å². The van der Waals surface area contributed by atoms with E-state index in [1.54, 1.807) is 15.6 Å². The molecule has 0 radical (unpaired) electrons. The molecular formula is C21H19N3O2. The zero-order chi connectivity index (χ0) is 18.1. The number of aromatic nitrogens is 2. The van der Waals surface area contributed by atoms with Gasteiger partial charge in [0, 0.05) is 30.3 Å². The molecule has 0 aliphatic carbocycles. The molecule has 0 atom stereocenters. The van der Waals surface area contributed by atoms with Crippen molar-refractivity contribution < 1.29 is 9.59 Å². The molecule has 0 bridgehead atoms. The fourth-order valence-electron chi connectivity index (χ4n) is 3.28. The smallest absolute Gasteiger partial charge is 0.258 e. The van der Waals surface area contributed by atoms with Crippen molar-refractivity contribution in [1.82, 2.24) is 9.78 Å². The normalized spacial score (nSPS) is 14.0. The summed E-state index contributed by atoms with van der Waals surface area (Å²) in [5.41, 5.74) is 3.77. The number of amides is 1. The largest absolute Gasteiger partial charge is 0.308 e. The van der Waals surface area contributed by atoms with Crippen LogP contribution in [0.25, 0.3) is 5.69 Å². The van der Waals surface area contributed by atoms with Gasteiger partial charge in [0.15, 0.2) is 5.78 Å². The van der Waals surface area contributed by atoms with Gasteiger partial charge < -0.3 is 4.90 Å². The van der Waals surface area contributed by atoms with E-state index in [-0.39, 0.29) is 11.7 Å². The van der Waals surface area contributed by atoms with E-state index in [2.05, 4.69) is 5.10 Å². The van der Waals surface area contributed by atoms with Crippen LogP contribution in [0, 0.1) is 6.92 Å². The Bertz CT molecular complexity index is 973. The third-order valence-electron chi connectivity index (χ3n) is 4.63. The number of hydrogen-bond acceptors (Lipinski definition) is 3. The van der Waals surface area contributed by atoms with E-state index >= 15 is 0 Å². The van der Waals surface area contributed by atoms with Gasteiger partial charge in [0.25, 0.3) is 5.91 Å². The number of Topliss-reactive ketones (excluding diaryl/α,β-unsaturated/α-hetero) is 1. The Morgan fingerprint density at radius 2 is 1.81 bits per heavy atom. The van der Waals surface area contributed by atoms with Gasteiger partial charge >= 0.3 is 0 Å². The first kappa shape index (κ1) is 16.3. The topological polar surface area (TPSA) is 55.2 Å². The molecule has 5 heteroatoms. The summed E-state index contributed by atoms with van der Waals surface area (Å²) in [6, 6.07) is 16.7. The monoisotopic (exact) mass is 345 g/mol. The van der Waals surface area contributed by atoms with Crippen LogP contribution in [-0.2, 0) is 0 Å². The molecule has 0 saturated heterocycles. The molecule has 0 saturated carbocycles. The van der Waals surface area contributed by atoms with E-state index in [1.807, 2.05) is 61.7 Å². The summed E-state index contributed by atoms with van der Waals surface area (Å²) < 4.78 is 1.78. The third-order valence-corrected chi connectivity index (χ3v) is 4.63. The van der Waals surface area contributed by atoms with Crippen molar-refractivity contribution in [2.45, 2.75) is 19.8 Å². The van der Waals surface area contributed by atoms with Crippen LogP contribution in [0.3, 0.4) is 0 Å². The summed E-state index contributed by atoms with van der Waals surface area (Å²) in [6.45, 7) is 2.48. The Kier molecular flexibility index (Phi) is 4.13. The van der Waals surface area contributed by atoms with Gasteiger partial charge in [0.1, 0.15) is 0 Å². The molecule has 2 heterocycles. The molecule has 5 nitrogen and oxygen atoms in total. The number of hydrogen-bond donors (Lipinski definition) is 0. The molecule has 1 aliphatic rings. The van der Waals surface area contributed by atoms with E-state index in [1.165, 1.54) is 0 Å². The average molecular weight is 345 g/mol. The van der Waals surface area contributed by atoms with Crippen LogP contribution in [0.4, 0.5) is 5.69 Å². The van der Waals surface area contributed by atoms with Crippen molar-refractivity contribution >= 4 is 17.4 Å². The predicted octanol–water partition coefficient (Wildman–Crippen LogP) is 3.80. The molecule has 3 aromatic rings. The lowest BCUT2D eigenvalue weighted by atomic mass is 10.1. The number of fused-ring (bicyclic) bond motifs is 1. The second-order valence-electron chi connectivity index (χ2n) is 6.45. The quantitative estimate of drug-likeness (QED) is 0.710. The van der Waals surface area contributed by atoms with Gasteiger partial charge in [-0.2, -0.15) is 5.10 Å². The molecule has 0 spiro atoms. The number of benzene rings is 2. The third kappa shape index (κ3) is 2.92. The first-order valence-corrected chi connectivity index (χ1v) is 8.70. The Hall–Kier alpha value is -3.21. The van der Waals surface area contributed by atoms with Gasteiger partial charge in [0.2, 0.25) is 0 Å². The van der Waals surface area contributed by atoms with Crippen molar-refractivity contribution in [3.05, 3.63) is 77.6 Å². The first-order valence-electron chi connectivity index (χ1n) is 8.70. The van der Waals surface area contributed by atoms with Crippen LogP contribution in [-0.4, -0.2) is 28.0 Å². The Morgan fingerprint density at radius 1 is 1.04 bits per heavy atom. The number of carbonyl (C=O) groups excluding carboxylic acids is 2. The maximum Gasteiger partial charge on any atom is 0.258 e. The SMILES string of the molecule is Cc1ccn(-c2ccc(C(=O)N3CCCC(=O)c4ccccc43)cc2)n1. The molecule has 1 aromatic heterocycles. The molecule has 1 amide bonds. The van der Waals surface area contributed by atoms with Gasteiger partial charge in [0.05, 0.1) is 17.1 Å². The highest BCUT2D eigenvalue weighted by Crippen LogP contribution is 2.27. The summed E-state index contributed by atoms with van der Waals surface area (Å²) in [7, 11) is 0. The minimum Gasteiger partial charge on any atom is -0.308 e. The van der Waals surface area contributed by atoms with Crippen molar-refractivity contribution in [3.8, 4) is 5.69 Å². The van der Waals surface area contributed by atoms with Gasteiger partial charge in [-0.1, -0.05) is 12.1 Å². The second-order valence-corrected chi connectivity index (χ2v) is 6.45. The van der Waals surface area contributed by atoms with E-state index < -0.39 is 0 Å². The maximum absolute atomic E-state index is 13.1. The van der Waals surface area contributed by atoms with Crippen molar-refractivity contribution in [2.75, 3.05) is 11.4 Å². The number of rotatable bonds is 2. The standard InChI is InChI=1S/C21H19N3O2/c1-15-12-14-24(22-15)17-10-8-16(9-11-17)21(26)23-13-4-7-20(25)18-5-2-3-6-19(18)23/h2-3,5-6,8-12,14H,4,7,13H2,1H3. The minimum atomic E-state index is -0.0876. The van der Waals surface area contributed by atoms with Gasteiger partial charge in [-0.25, -0.2) is 4.68 Å². The Balaban J connectivity index is 1.65. The molecule has 130 valence electrons. The van der Waals surface area contributed by atoms with Crippen LogP contribution in [0.5, 0.6) is 0 Å². The number of ketones is 1. The number of carbonyl (C=O) groups is 2. The lowest BCUT2D eigenvalue weighted by Gasteiger charge is -2.22. The van der Waals surface area contributed by atoms with Crippen LogP contribution >= 0.6 is 0 Å². The molecule has 0 unspecified atom stereocenters. The van der Waals surface area contributed by atoms with Crippen molar-refractivity contribution in [3.63, 3.8) is 0 Å². The first-order chi connectivity index (χ1) is 12.6. The summed E-state index contributed by atoms with van der Waals surface area (Å²) in [6.07, 6.45) is 3.03. The zero-order valence-corrected chi connectivity index (χ0v) is 14.6. The second kappa shape index (κ2) is 6.59. The van der Waals surface area contributed by atoms with E-state index in [0.29, 0.717) is 36.2 Å². The van der Waals surface area contributed by atoms with Crippen LogP contribution in [0.1, 0.15) is 39.3 Å². The van der Waals surface area contributed by atoms with E-state index in [4.69, 9.17) is 0 Å². The summed E-state index contributed by atoms with van der Waals surface area (Å²) in [5, 5.41) is 4.38.